The molecule has 0 bridgehead atoms. The van der Waals surface area contributed by atoms with Crippen LogP contribution < -0.4 is 34.5 Å². The monoisotopic (exact) mass is 495 g/mol. The average Bonchev–Trinajstić information content (AvgIpc) is 2.72. The molecule has 0 spiro atoms. The molecule has 0 aromatic heterocycles. The van der Waals surface area contributed by atoms with Gasteiger partial charge in [-0.2, -0.15) is 5.11 Å². The van der Waals surface area contributed by atoms with Gasteiger partial charge in [0.1, 0.15) is 11.4 Å². The molecule has 3 N–H and O–H groups in total. The second kappa shape index (κ2) is 13.9. The van der Waals surface area contributed by atoms with E-state index in [1.807, 2.05) is 0 Å². The van der Waals surface area contributed by atoms with E-state index in [0.29, 0.717) is 11.4 Å². The normalized spacial score (nSPS) is 11.6. The van der Waals surface area contributed by atoms with Crippen molar-refractivity contribution in [3.05, 3.63) is 42.5 Å². The summed E-state index contributed by atoms with van der Waals surface area (Å²) in [5, 5.41) is 36.3. The van der Waals surface area contributed by atoms with E-state index in [1.54, 1.807) is 11.0 Å². The van der Waals surface area contributed by atoms with Gasteiger partial charge in [0, 0.05) is 31.5 Å². The molecule has 14 heteroatoms. The summed E-state index contributed by atoms with van der Waals surface area (Å²) in [5.74, 6) is -0.650. The van der Waals surface area contributed by atoms with E-state index in [0.717, 1.165) is 0 Å². The number of benzene rings is 2. The van der Waals surface area contributed by atoms with Crippen LogP contribution >= 0.6 is 0 Å². The number of aliphatic hydroxyl groups is 2. The van der Waals surface area contributed by atoms with Crippen LogP contribution in [0.3, 0.4) is 0 Å². The Kier molecular flexibility index (Phi) is 12.3. The van der Waals surface area contributed by atoms with E-state index in [2.05, 4.69) is 14.4 Å². The molecule has 0 aliphatic carbocycles. The van der Waals surface area contributed by atoms with Crippen LogP contribution in [0.2, 0.25) is 0 Å². The summed E-state index contributed by atoms with van der Waals surface area (Å²) < 4.78 is 49.1. The fraction of sp³-hybridized carbons (Fsp3) is 0.333. The average molecular weight is 496 g/mol. The number of phenols is 1. The van der Waals surface area contributed by atoms with Crippen LogP contribution in [0.1, 0.15) is 0 Å². The molecule has 32 heavy (non-hydrogen) atoms. The minimum Gasteiger partial charge on any atom is -0.506 e. The summed E-state index contributed by atoms with van der Waals surface area (Å²) in [4.78, 5) is 1.67. The van der Waals surface area contributed by atoms with Gasteiger partial charge in [0.05, 0.1) is 40.5 Å². The van der Waals surface area contributed by atoms with Crippen molar-refractivity contribution in [3.63, 3.8) is 0 Å². The SMILES string of the molecule is O=[S-](=O)OCCS(=O)(=O)c1ccc(N=Nc2ccc(N(CCO)CCO)cc2O)cc1.[Na+]. The summed E-state index contributed by atoms with van der Waals surface area (Å²) in [6.07, 6.45) is 0. The molecule has 0 amide bonds. The molecule has 0 atom stereocenters. The van der Waals surface area contributed by atoms with Crippen molar-refractivity contribution in [3.8, 4) is 5.75 Å². The molecule has 0 saturated heterocycles. The molecule has 0 unspecified atom stereocenters. The van der Waals surface area contributed by atoms with Crippen LogP contribution in [-0.4, -0.2) is 62.4 Å². The Labute approximate surface area is 209 Å². The Morgan fingerprint density at radius 3 is 2.12 bits per heavy atom. The van der Waals surface area contributed by atoms with Crippen LogP contribution in [0.25, 0.3) is 0 Å². The second-order valence-electron chi connectivity index (χ2n) is 6.15. The first kappa shape index (κ1) is 28.5. The third-order valence-corrected chi connectivity index (χ3v) is 6.12. The molecular weight excluding hydrogens is 473 g/mol. The fourth-order valence-corrected chi connectivity index (χ4v) is 3.98. The predicted octanol–water partition coefficient (Wildman–Crippen LogP) is -1.38. The summed E-state index contributed by atoms with van der Waals surface area (Å²) in [7, 11) is -6.50. The first-order chi connectivity index (χ1) is 14.8. The summed E-state index contributed by atoms with van der Waals surface area (Å²) in [5.41, 5.74) is 1.11. The molecule has 11 nitrogen and oxygen atoms in total. The van der Waals surface area contributed by atoms with Gasteiger partial charge in [-0.15, -0.1) is 5.11 Å². The van der Waals surface area contributed by atoms with Gasteiger partial charge in [0.25, 0.3) is 0 Å². The summed E-state index contributed by atoms with van der Waals surface area (Å²) in [6.45, 7) is -0.130. The van der Waals surface area contributed by atoms with Crippen molar-refractivity contribution in [2.45, 2.75) is 4.90 Å². The maximum absolute atomic E-state index is 12.1. The zero-order valence-corrected chi connectivity index (χ0v) is 21.0. The molecule has 2 rings (SSSR count). The van der Waals surface area contributed by atoms with E-state index in [-0.39, 0.29) is 72.2 Å². The minimum atomic E-state index is -3.72. The molecule has 0 radical (unpaired) electrons. The standard InChI is InChI=1S/C18H22N3O8S2.Na/c22-9-7-21(8-10-23)15-3-6-17(18(24)13-15)20-19-14-1-4-16(5-2-14)31(27,28)12-11-29-30(25)26;/h1-6,13,22-24H,7-12H2;/q-1;+1. The second-order valence-corrected chi connectivity index (χ2v) is 8.90. The molecule has 2 aromatic carbocycles. The molecule has 170 valence electrons. The van der Waals surface area contributed by atoms with E-state index in [1.165, 1.54) is 36.4 Å². The molecule has 0 aliphatic rings. The van der Waals surface area contributed by atoms with Crippen LogP contribution in [0.5, 0.6) is 5.75 Å². The number of nitrogens with zero attached hydrogens (tertiary/aromatic N) is 3. The van der Waals surface area contributed by atoms with Crippen LogP contribution in [0.15, 0.2) is 57.6 Å². The molecule has 2 aromatic rings. The molecule has 0 aliphatic heterocycles. The quantitative estimate of drug-likeness (QED) is 0.183. The zero-order valence-electron chi connectivity index (χ0n) is 17.3. The zero-order chi connectivity index (χ0) is 22.9. The molecule has 0 saturated carbocycles. The van der Waals surface area contributed by atoms with Crippen molar-refractivity contribution >= 4 is 37.9 Å². The summed E-state index contributed by atoms with van der Waals surface area (Å²) >= 11 is 0. The van der Waals surface area contributed by atoms with Crippen LogP contribution in [0, 0.1) is 0 Å². The van der Waals surface area contributed by atoms with Crippen molar-refractivity contribution in [2.24, 2.45) is 10.2 Å². The molecule has 0 heterocycles. The van der Waals surface area contributed by atoms with Gasteiger partial charge in [0.2, 0.25) is 0 Å². The number of azo groups is 1. The Bertz CT molecular complexity index is 1060. The molecule has 0 fully saturated rings. The van der Waals surface area contributed by atoms with Gasteiger partial charge >= 0.3 is 29.6 Å². The maximum Gasteiger partial charge on any atom is 1.00 e. The van der Waals surface area contributed by atoms with Gasteiger partial charge in [-0.25, -0.2) is 8.42 Å². The first-order valence-corrected chi connectivity index (χ1v) is 11.7. The Morgan fingerprint density at radius 1 is 0.969 bits per heavy atom. The number of hydrogen-bond donors (Lipinski definition) is 3. The predicted molar refractivity (Wildman–Crippen MR) is 112 cm³/mol. The van der Waals surface area contributed by atoms with Gasteiger partial charge in [-0.05, 0) is 36.4 Å². The van der Waals surface area contributed by atoms with Gasteiger partial charge in [-0.3, -0.25) is 0 Å². The number of anilines is 1. The van der Waals surface area contributed by atoms with E-state index in [4.69, 9.17) is 10.2 Å². The van der Waals surface area contributed by atoms with E-state index >= 15 is 0 Å². The van der Waals surface area contributed by atoms with E-state index < -0.39 is 33.2 Å². The topological polar surface area (TPSA) is 166 Å². The Balaban J connectivity index is 0.00000512. The maximum atomic E-state index is 12.1. The third-order valence-electron chi connectivity index (χ3n) is 4.06. The number of aliphatic hydroxyl groups excluding tert-OH is 2. The van der Waals surface area contributed by atoms with Crippen LogP contribution in [0.4, 0.5) is 17.1 Å². The van der Waals surface area contributed by atoms with Crippen molar-refractivity contribution in [2.75, 3.05) is 43.6 Å². The van der Waals surface area contributed by atoms with Gasteiger partial charge in [0.15, 0.2) is 9.84 Å². The summed E-state index contributed by atoms with van der Waals surface area (Å²) in [6, 6.07) is 10.1. The number of aromatic hydroxyl groups is 1. The Hall–Kier alpha value is -1.58. The van der Waals surface area contributed by atoms with E-state index in [9.17, 15) is 21.9 Å². The number of phenolic OH excluding ortho intramolecular Hbond substituents is 1. The number of sulfone groups is 1. The van der Waals surface area contributed by atoms with Gasteiger partial charge in [-0.1, -0.05) is 0 Å². The first-order valence-electron chi connectivity index (χ1n) is 9.03. The fourth-order valence-electron chi connectivity index (χ4n) is 2.57. The van der Waals surface area contributed by atoms with Crippen LogP contribution in [-0.2, 0) is 33.4 Å². The number of hydrogen-bond acceptors (Lipinski definition) is 12. The van der Waals surface area contributed by atoms with Crippen molar-refractivity contribution in [1.82, 2.24) is 0 Å². The van der Waals surface area contributed by atoms with Crippen molar-refractivity contribution < 1.29 is 65.9 Å². The van der Waals surface area contributed by atoms with Crippen molar-refractivity contribution in [1.29, 1.82) is 0 Å². The minimum absolute atomic E-state index is 0. The smallest absolute Gasteiger partial charge is 0.506 e. The largest absolute Gasteiger partial charge is 1.00 e. The molecular formula is C18H22N3NaO8S2. The Morgan fingerprint density at radius 2 is 1.59 bits per heavy atom. The third kappa shape index (κ3) is 8.75. The number of rotatable bonds is 12. The van der Waals surface area contributed by atoms with Gasteiger partial charge < -0.3 is 32.8 Å².